The average Bonchev–Trinajstić information content (AvgIpc) is 0.757. The smallest absolute Gasteiger partial charge is 0.217 e. The Kier molecular flexibility index (Phi) is 29.5. The summed E-state index contributed by atoms with van der Waals surface area (Å²) in [4.78, 5) is 27.0. The van der Waals surface area contributed by atoms with Gasteiger partial charge in [-0.2, -0.15) is 0 Å². The molecule has 2 unspecified atom stereocenters. The Morgan fingerprint density at radius 3 is 1.03 bits per heavy atom. The number of hydrogen-bond acceptors (Lipinski definition) is 43. The number of hydrogen-bond donors (Lipinski definition) is 26. The Morgan fingerprint density at radius 2 is 0.583 bits per heavy atom. The van der Waals surface area contributed by atoms with Crippen molar-refractivity contribution in [2.24, 2.45) is 0 Å². The van der Waals surface area contributed by atoms with Crippen LogP contribution in [0.15, 0.2) is 0 Å². The van der Waals surface area contributed by atoms with E-state index in [4.69, 9.17) is 80.5 Å². The second-order valence-corrected chi connectivity index (χ2v) is 26.6. The van der Waals surface area contributed by atoms with E-state index in [1.54, 1.807) is 0 Å². The summed E-state index contributed by atoms with van der Waals surface area (Å²) < 4.78 is 102. The second kappa shape index (κ2) is 36.0. The molecule has 0 bridgehead atoms. The highest BCUT2D eigenvalue weighted by Gasteiger charge is 2.61. The fourth-order valence-electron chi connectivity index (χ4n) is 13.5. The first-order chi connectivity index (χ1) is 48.6. The maximum Gasteiger partial charge on any atom is 0.217 e. The van der Waals surface area contributed by atoms with Gasteiger partial charge in [-0.15, -0.1) is 0 Å². The zero-order valence-corrected chi connectivity index (χ0v) is 55.7. The number of rotatable bonds is 24. The Morgan fingerprint density at radius 1 is 0.272 bits per heavy atom. The van der Waals surface area contributed by atoms with Crippen LogP contribution in [0.2, 0.25) is 0 Å². The zero-order chi connectivity index (χ0) is 75.8. The van der Waals surface area contributed by atoms with Gasteiger partial charge in [-0.05, 0) is 20.8 Å². The molecule has 45 heteroatoms. The largest absolute Gasteiger partial charge is 0.394 e. The molecule has 598 valence electrons. The molecule has 0 spiro atoms. The number of ether oxygens (including phenoxy) is 17. The molecule has 0 aromatic rings. The number of aliphatic hydroxyl groups excluding tert-OH is 24. The number of aliphatic hydroxyl groups is 24. The summed E-state index contributed by atoms with van der Waals surface area (Å²) in [7, 11) is 0. The fraction of sp³-hybridized carbons (Fsp3) is 0.966. The van der Waals surface area contributed by atoms with E-state index in [-0.39, 0.29) is 0 Å². The van der Waals surface area contributed by atoms with Crippen LogP contribution in [0.1, 0.15) is 34.6 Å². The molecule has 0 aromatic carbocycles. The van der Waals surface area contributed by atoms with Crippen LogP contribution in [0.3, 0.4) is 0 Å². The molecule has 26 N–H and O–H groups in total. The van der Waals surface area contributed by atoms with Crippen molar-refractivity contribution in [3.63, 3.8) is 0 Å². The first kappa shape index (κ1) is 84.3. The monoisotopic (exact) mass is 1510 g/mol. The lowest BCUT2D eigenvalue weighted by Crippen LogP contribution is -2.72. The quantitative estimate of drug-likeness (QED) is 0.0427. The molecule has 103 heavy (non-hydrogen) atoms. The minimum atomic E-state index is -2.49. The normalized spacial score (nSPS) is 52.3. The van der Waals surface area contributed by atoms with Gasteiger partial charge < -0.3 is 214 Å². The molecular weight excluding hydrogens is 1410 g/mol. The minimum absolute atomic E-state index is 0.916. The maximum atomic E-state index is 13.6. The third kappa shape index (κ3) is 18.0. The molecule has 9 saturated heterocycles. The third-order valence-corrected chi connectivity index (χ3v) is 19.4. The molecule has 45 nitrogen and oxygen atoms in total. The number of carbonyl (C=O) groups is 2. The Balaban J connectivity index is 1.10. The van der Waals surface area contributed by atoms with E-state index in [9.17, 15) is 132 Å². The lowest BCUT2D eigenvalue weighted by Gasteiger charge is -2.52. The van der Waals surface area contributed by atoms with Gasteiger partial charge in [0.25, 0.3) is 0 Å². The Labute approximate surface area is 584 Å². The molecule has 9 aliphatic rings. The lowest BCUT2D eigenvalue weighted by atomic mass is 9.93. The second-order valence-electron chi connectivity index (χ2n) is 26.6. The summed E-state index contributed by atoms with van der Waals surface area (Å²) in [6.07, 6.45) is -86.3. The standard InChI is InChI=1S/C58H98N2O43/c1-12-25(68)31(74)38(81)53(88-12)98-45-21(10-65)95-52(24(60-16(5)67)47(45)101-58-49(35(78)29(72)18(7-62)93-58)103-55-40(83)33(76)27(70)14(3)90-55)102-48-30(73)22(96-57(42(48)85)97-43-19(8-63)91-50(86)37(80)36(43)79)11-87-51-23(59-15(4)66)46(100-54-39(82)32(75)26(69)13(2)89-54)44(20(9-64)94-51)99-56-41(84)34(77)28(71)17(6-61)92-56/h12-14,17-58,61-65,68-86H,6-11H2,1-5H3,(H,59,66)(H,60,67)/t12-,13-,14-,17-,18-,19+,20-,21+,22+,23+,24+,25+,26+,27+,28+,29+,30-,31-,32-,33-,34-,35-,36-,37-,38+,39?,40+,41+,42-,43+,44-,45+,46-,47-,48-,49+,50+,51-,52+,53-,54-,55-,56+,57?,58+/m0/s1. The van der Waals surface area contributed by atoms with Crippen molar-refractivity contribution in [2.45, 2.75) is 311 Å². The van der Waals surface area contributed by atoms with Crippen LogP contribution in [0.25, 0.3) is 0 Å². The van der Waals surface area contributed by atoms with Gasteiger partial charge in [0.1, 0.15) is 201 Å². The van der Waals surface area contributed by atoms with Crippen LogP contribution in [0.4, 0.5) is 0 Å². The van der Waals surface area contributed by atoms with Crippen molar-refractivity contribution < 1.29 is 213 Å². The highest BCUT2D eigenvalue weighted by atomic mass is 16.8. The SMILES string of the molecule is CC(=O)N[C@H]1[C@@H](OC[C@H]2OC(O[C@H]3[C@@H](O)[C@H](O)[C@H](O)O[C@@H]3CO)[C@@H](O)[C@@H](O[C@H]3O[C@H](CO)[C@@H](O[C@@H]4O[C@@H](C)[C@@H](O)[C@H](O)[C@H]4O)[C@@H](O[C@H]4O[C@@H](CO)[C@@H](O)[C@H](O)[C@H]4O[C@@H]4O[C@@H](C)[C@@H](O)[C@H](O)[C@H]4O)[C@H]3NC(C)=O)[C@H]2O)O[C@@H](CO)[C@H](O[C@H]2O[C@@H](CO)[C@@H](O)[C@H](O)[C@H]2O)[C@H]1O[C@@H]1O[C@@H](C)[C@@H](O)[C@H](O)C1O. The highest BCUT2D eigenvalue weighted by Crippen LogP contribution is 2.41. The molecule has 2 amide bonds. The topological polar surface area (TPSA) is 701 Å². The van der Waals surface area contributed by atoms with Crippen LogP contribution in [-0.2, 0) is 90.1 Å². The first-order valence-electron chi connectivity index (χ1n) is 33.2. The molecule has 0 saturated carbocycles. The molecule has 45 atom stereocenters. The van der Waals surface area contributed by atoms with Crippen LogP contribution >= 0.6 is 0 Å². The third-order valence-electron chi connectivity index (χ3n) is 19.4. The van der Waals surface area contributed by atoms with Gasteiger partial charge in [0.05, 0.1) is 58.0 Å². The molecule has 9 heterocycles. The maximum absolute atomic E-state index is 13.6. The van der Waals surface area contributed by atoms with Crippen LogP contribution in [0, 0.1) is 0 Å². The molecule has 0 aliphatic carbocycles. The van der Waals surface area contributed by atoms with Gasteiger partial charge in [-0.25, -0.2) is 0 Å². The van der Waals surface area contributed by atoms with Crippen LogP contribution < -0.4 is 10.6 Å². The summed E-state index contributed by atoms with van der Waals surface area (Å²) in [5.41, 5.74) is 0. The minimum Gasteiger partial charge on any atom is -0.394 e. The van der Waals surface area contributed by atoms with Gasteiger partial charge in [-0.3, -0.25) is 9.59 Å². The Bertz CT molecular complexity index is 2660. The fourth-order valence-corrected chi connectivity index (χ4v) is 13.5. The van der Waals surface area contributed by atoms with Gasteiger partial charge in [0, 0.05) is 13.8 Å². The average molecular weight is 1510 g/mol. The van der Waals surface area contributed by atoms with Crippen molar-refractivity contribution in [1.82, 2.24) is 10.6 Å². The lowest BCUT2D eigenvalue weighted by molar-refractivity contribution is -0.401. The van der Waals surface area contributed by atoms with Crippen molar-refractivity contribution in [3.8, 4) is 0 Å². The summed E-state index contributed by atoms with van der Waals surface area (Å²) in [6, 6.07) is -3.97. The molecule has 9 aliphatic heterocycles. The van der Waals surface area contributed by atoms with Crippen molar-refractivity contribution in [2.75, 3.05) is 39.6 Å². The summed E-state index contributed by atoms with van der Waals surface area (Å²) in [5.74, 6) is -1.96. The number of amides is 2. The van der Waals surface area contributed by atoms with Gasteiger partial charge >= 0.3 is 0 Å². The predicted octanol–water partition coefficient (Wildman–Crippen LogP) is -17.3. The van der Waals surface area contributed by atoms with E-state index in [1.807, 2.05) is 0 Å². The number of carbonyl (C=O) groups excluding carboxylic acids is 2. The van der Waals surface area contributed by atoms with Gasteiger partial charge in [0.2, 0.25) is 11.8 Å². The molecule has 9 rings (SSSR count). The van der Waals surface area contributed by atoms with E-state index >= 15 is 0 Å². The first-order valence-corrected chi connectivity index (χ1v) is 33.2. The van der Waals surface area contributed by atoms with Crippen molar-refractivity contribution >= 4 is 11.8 Å². The molecule has 0 aromatic heterocycles. The van der Waals surface area contributed by atoms with Crippen LogP contribution in [-0.4, -0.2) is 450 Å². The van der Waals surface area contributed by atoms with E-state index in [2.05, 4.69) is 10.6 Å². The van der Waals surface area contributed by atoms with Crippen LogP contribution in [0.5, 0.6) is 0 Å². The number of nitrogens with one attached hydrogen (secondary N) is 2. The Hall–Kier alpha value is -2.70. The zero-order valence-electron chi connectivity index (χ0n) is 55.7. The van der Waals surface area contributed by atoms with E-state index in [1.165, 1.54) is 20.8 Å². The van der Waals surface area contributed by atoms with Gasteiger partial charge in [-0.1, -0.05) is 0 Å². The van der Waals surface area contributed by atoms with Gasteiger partial charge in [0.15, 0.2) is 56.6 Å². The molecule has 0 radical (unpaired) electrons. The summed E-state index contributed by atoms with van der Waals surface area (Å²) >= 11 is 0. The summed E-state index contributed by atoms with van der Waals surface area (Å²) in [5, 5.41) is 269. The summed E-state index contributed by atoms with van der Waals surface area (Å²) in [6.45, 7) is -0.979. The van der Waals surface area contributed by atoms with Crippen molar-refractivity contribution in [3.05, 3.63) is 0 Å². The molecular formula is C58H98N2O43. The van der Waals surface area contributed by atoms with E-state index < -0.39 is 328 Å². The van der Waals surface area contributed by atoms with Crippen molar-refractivity contribution in [1.29, 1.82) is 0 Å². The van der Waals surface area contributed by atoms with E-state index in [0.29, 0.717) is 0 Å². The molecule has 9 fully saturated rings. The van der Waals surface area contributed by atoms with E-state index in [0.717, 1.165) is 13.8 Å². The highest BCUT2D eigenvalue weighted by molar-refractivity contribution is 5.73. The predicted molar refractivity (Wildman–Crippen MR) is 316 cm³/mol.